The van der Waals surface area contributed by atoms with Crippen LogP contribution in [0.2, 0.25) is 0 Å². The second kappa shape index (κ2) is 7.93. The molecule has 0 bridgehead atoms. The summed E-state index contributed by atoms with van der Waals surface area (Å²) in [7, 11) is 0. The lowest BCUT2D eigenvalue weighted by Gasteiger charge is -2.09. The number of hydrogen-bond donors (Lipinski definition) is 3. The Morgan fingerprint density at radius 1 is 1.08 bits per heavy atom. The number of aromatic hydroxyl groups is 1. The SMILES string of the molecule is NCCCc1cc(C(=O)O)ccc1C#Cc1ccc(O)cc1C(F)(F)F. The number of benzene rings is 2. The van der Waals surface area contributed by atoms with E-state index < -0.39 is 23.5 Å². The largest absolute Gasteiger partial charge is 0.508 e. The van der Waals surface area contributed by atoms with E-state index >= 15 is 0 Å². The molecule has 4 nitrogen and oxygen atoms in total. The first kappa shape index (κ1) is 19.3. The number of rotatable bonds is 4. The summed E-state index contributed by atoms with van der Waals surface area (Å²) in [5.41, 5.74) is 5.28. The minimum atomic E-state index is -4.65. The molecular formula is C19H16F3NO3. The molecule has 2 aromatic carbocycles. The molecule has 0 aliphatic rings. The zero-order valence-electron chi connectivity index (χ0n) is 13.6. The monoisotopic (exact) mass is 363 g/mol. The van der Waals surface area contributed by atoms with Crippen LogP contribution in [0.25, 0.3) is 0 Å². The molecule has 0 aromatic heterocycles. The van der Waals surface area contributed by atoms with Gasteiger partial charge in [-0.25, -0.2) is 4.79 Å². The fourth-order valence-corrected chi connectivity index (χ4v) is 2.36. The Morgan fingerprint density at radius 2 is 1.73 bits per heavy atom. The first-order valence-electron chi connectivity index (χ1n) is 7.71. The molecule has 0 amide bonds. The first-order valence-corrected chi connectivity index (χ1v) is 7.71. The number of halogens is 3. The van der Waals surface area contributed by atoms with E-state index in [0.717, 1.165) is 12.1 Å². The van der Waals surface area contributed by atoms with Crippen LogP contribution in [0.4, 0.5) is 13.2 Å². The molecule has 0 heterocycles. The summed E-state index contributed by atoms with van der Waals surface area (Å²) in [6, 6.07) is 7.10. The molecule has 26 heavy (non-hydrogen) atoms. The average Bonchev–Trinajstić information content (AvgIpc) is 2.58. The summed E-state index contributed by atoms with van der Waals surface area (Å²) in [6.07, 6.45) is -3.60. The van der Waals surface area contributed by atoms with Crippen molar-refractivity contribution in [1.29, 1.82) is 0 Å². The average molecular weight is 363 g/mol. The molecular weight excluding hydrogens is 347 g/mol. The van der Waals surface area contributed by atoms with E-state index in [9.17, 15) is 23.1 Å². The summed E-state index contributed by atoms with van der Waals surface area (Å²) in [4.78, 5) is 11.1. The molecule has 0 unspecified atom stereocenters. The zero-order chi connectivity index (χ0) is 19.3. The van der Waals surface area contributed by atoms with Crippen molar-refractivity contribution in [3.8, 4) is 17.6 Å². The normalized spacial score (nSPS) is 10.9. The van der Waals surface area contributed by atoms with Gasteiger partial charge in [-0.1, -0.05) is 11.8 Å². The summed E-state index contributed by atoms with van der Waals surface area (Å²) in [5.74, 6) is 3.54. The molecule has 0 saturated heterocycles. The highest BCUT2D eigenvalue weighted by molar-refractivity contribution is 5.88. The van der Waals surface area contributed by atoms with Gasteiger partial charge in [0.25, 0.3) is 0 Å². The summed E-state index contributed by atoms with van der Waals surface area (Å²) >= 11 is 0. The number of nitrogens with two attached hydrogens (primary N) is 1. The van der Waals surface area contributed by atoms with Crippen LogP contribution in [0.1, 0.15) is 39.0 Å². The number of carboxylic acid groups (broad SMARTS) is 1. The maximum Gasteiger partial charge on any atom is 0.417 e. The topological polar surface area (TPSA) is 83.6 Å². The van der Waals surface area contributed by atoms with Gasteiger partial charge in [0, 0.05) is 11.1 Å². The number of aryl methyl sites for hydroxylation is 1. The second-order valence-electron chi connectivity index (χ2n) is 5.55. The molecule has 7 heteroatoms. The Bertz CT molecular complexity index is 880. The molecule has 4 N–H and O–H groups in total. The van der Waals surface area contributed by atoms with Crippen LogP contribution in [0, 0.1) is 11.8 Å². The summed E-state index contributed by atoms with van der Waals surface area (Å²) in [6.45, 7) is 0.389. The fourth-order valence-electron chi connectivity index (χ4n) is 2.36. The summed E-state index contributed by atoms with van der Waals surface area (Å²) in [5, 5.41) is 18.4. The van der Waals surface area contributed by atoms with Gasteiger partial charge in [-0.2, -0.15) is 13.2 Å². The Kier molecular flexibility index (Phi) is 5.90. The Labute approximate surface area is 148 Å². The van der Waals surface area contributed by atoms with Gasteiger partial charge in [0.2, 0.25) is 0 Å². The van der Waals surface area contributed by atoms with Gasteiger partial charge in [-0.05, 0) is 61.3 Å². The van der Waals surface area contributed by atoms with Crippen molar-refractivity contribution in [2.24, 2.45) is 5.73 Å². The van der Waals surface area contributed by atoms with Gasteiger partial charge < -0.3 is 15.9 Å². The smallest absolute Gasteiger partial charge is 0.417 e. The van der Waals surface area contributed by atoms with Crippen LogP contribution in [0.15, 0.2) is 36.4 Å². The molecule has 2 rings (SSSR count). The number of carbonyl (C=O) groups is 1. The van der Waals surface area contributed by atoms with Crippen molar-refractivity contribution in [1.82, 2.24) is 0 Å². The lowest BCUT2D eigenvalue weighted by Crippen LogP contribution is -2.07. The highest BCUT2D eigenvalue weighted by atomic mass is 19.4. The molecule has 0 aliphatic carbocycles. The molecule has 0 aliphatic heterocycles. The van der Waals surface area contributed by atoms with E-state index in [1.807, 2.05) is 0 Å². The van der Waals surface area contributed by atoms with Gasteiger partial charge in [0.1, 0.15) is 5.75 Å². The van der Waals surface area contributed by atoms with E-state index in [2.05, 4.69) is 11.8 Å². The van der Waals surface area contributed by atoms with E-state index in [4.69, 9.17) is 10.8 Å². The summed E-state index contributed by atoms with van der Waals surface area (Å²) < 4.78 is 39.3. The van der Waals surface area contributed by atoms with Crippen LogP contribution in [-0.4, -0.2) is 22.7 Å². The van der Waals surface area contributed by atoms with Crippen LogP contribution < -0.4 is 5.73 Å². The first-order chi connectivity index (χ1) is 12.2. The highest BCUT2D eigenvalue weighted by Gasteiger charge is 2.33. The van der Waals surface area contributed by atoms with Crippen LogP contribution in [-0.2, 0) is 12.6 Å². The lowest BCUT2D eigenvalue weighted by atomic mass is 9.99. The van der Waals surface area contributed by atoms with Crippen molar-refractivity contribution in [2.45, 2.75) is 19.0 Å². The number of aromatic carboxylic acids is 1. The number of carboxylic acids is 1. The van der Waals surface area contributed by atoms with Gasteiger partial charge in [0.05, 0.1) is 11.1 Å². The highest BCUT2D eigenvalue weighted by Crippen LogP contribution is 2.33. The quantitative estimate of drug-likeness (QED) is 0.727. The number of phenolic OH excluding ortho intramolecular Hbond substituents is 1. The van der Waals surface area contributed by atoms with Crippen molar-refractivity contribution >= 4 is 5.97 Å². The van der Waals surface area contributed by atoms with E-state index in [1.54, 1.807) is 0 Å². The number of alkyl halides is 3. The maximum absolute atomic E-state index is 13.1. The molecule has 0 radical (unpaired) electrons. The number of phenols is 1. The minimum absolute atomic E-state index is 0.0724. The Morgan fingerprint density at radius 3 is 2.35 bits per heavy atom. The van der Waals surface area contributed by atoms with Crippen molar-refractivity contribution in [2.75, 3.05) is 6.54 Å². The van der Waals surface area contributed by atoms with E-state index in [0.29, 0.717) is 36.6 Å². The number of hydrogen-bond acceptors (Lipinski definition) is 3. The third kappa shape index (κ3) is 4.77. The van der Waals surface area contributed by atoms with Crippen LogP contribution >= 0.6 is 0 Å². The predicted molar refractivity (Wildman–Crippen MR) is 89.9 cm³/mol. The molecule has 0 atom stereocenters. The Hall–Kier alpha value is -2.98. The molecule has 0 fully saturated rings. The molecule has 0 spiro atoms. The predicted octanol–water partition coefficient (Wildman–Crippen LogP) is 3.40. The minimum Gasteiger partial charge on any atom is -0.508 e. The molecule has 2 aromatic rings. The van der Waals surface area contributed by atoms with Crippen molar-refractivity contribution < 1.29 is 28.2 Å². The van der Waals surface area contributed by atoms with Crippen molar-refractivity contribution in [3.63, 3.8) is 0 Å². The zero-order valence-corrected chi connectivity index (χ0v) is 13.6. The standard InChI is InChI=1S/C19H16F3NO3/c20-19(21,22)17-11-16(24)8-7-13(17)5-3-12-4-6-15(18(25)26)10-14(12)2-1-9-23/h4,6-8,10-11,24H,1-2,9,23H2,(H,25,26). The second-order valence-corrected chi connectivity index (χ2v) is 5.55. The van der Waals surface area contributed by atoms with E-state index in [1.165, 1.54) is 18.2 Å². The van der Waals surface area contributed by atoms with Gasteiger partial charge in [-0.3, -0.25) is 0 Å². The lowest BCUT2D eigenvalue weighted by molar-refractivity contribution is -0.137. The van der Waals surface area contributed by atoms with Crippen LogP contribution in [0.3, 0.4) is 0 Å². The third-order valence-electron chi connectivity index (χ3n) is 3.64. The maximum atomic E-state index is 13.1. The Balaban J connectivity index is 2.48. The van der Waals surface area contributed by atoms with E-state index in [-0.39, 0.29) is 11.1 Å². The van der Waals surface area contributed by atoms with Gasteiger partial charge >= 0.3 is 12.1 Å². The third-order valence-corrected chi connectivity index (χ3v) is 3.64. The molecule has 0 saturated carbocycles. The van der Waals surface area contributed by atoms with Crippen LogP contribution in [0.5, 0.6) is 5.75 Å². The van der Waals surface area contributed by atoms with Crippen molar-refractivity contribution in [3.05, 3.63) is 64.2 Å². The van der Waals surface area contributed by atoms with Gasteiger partial charge in [-0.15, -0.1) is 0 Å². The molecule has 136 valence electrons. The van der Waals surface area contributed by atoms with Gasteiger partial charge in [0.15, 0.2) is 0 Å². The fraction of sp³-hybridized carbons (Fsp3) is 0.211.